The van der Waals surface area contributed by atoms with E-state index in [0.29, 0.717) is 13.1 Å². The summed E-state index contributed by atoms with van der Waals surface area (Å²) in [7, 11) is -3.63. The van der Waals surface area contributed by atoms with Gasteiger partial charge in [0.05, 0.1) is 5.02 Å². The minimum atomic E-state index is -3.63. The van der Waals surface area contributed by atoms with E-state index in [1.54, 1.807) is 23.1 Å². The van der Waals surface area contributed by atoms with Gasteiger partial charge in [-0.2, -0.15) is 4.31 Å². The van der Waals surface area contributed by atoms with E-state index in [1.165, 1.54) is 10.4 Å². The zero-order valence-electron chi connectivity index (χ0n) is 13.5. The number of piperazine rings is 1. The number of amides is 2. The largest absolute Gasteiger partial charge is 0.333 e. The molecule has 23 heavy (non-hydrogen) atoms. The predicted molar refractivity (Wildman–Crippen MR) is 90.1 cm³/mol. The number of nitrogens with zero attached hydrogens (tertiary/aromatic N) is 2. The van der Waals surface area contributed by atoms with Gasteiger partial charge in [-0.3, -0.25) is 0 Å². The third-order valence-electron chi connectivity index (χ3n) is 3.46. The molecular weight excluding hydrogens is 338 g/mol. The number of hydrogen-bond donors (Lipinski definition) is 1. The molecule has 0 saturated carbocycles. The van der Waals surface area contributed by atoms with Crippen LogP contribution in [0.2, 0.25) is 5.02 Å². The maximum atomic E-state index is 12.6. The molecule has 2 rings (SSSR count). The summed E-state index contributed by atoms with van der Waals surface area (Å²) < 4.78 is 26.6. The fraction of sp³-hybridized carbons (Fsp3) is 0.533. The summed E-state index contributed by atoms with van der Waals surface area (Å²) in [6, 6.07) is 6.21. The Balaban J connectivity index is 2.04. The van der Waals surface area contributed by atoms with Crippen molar-refractivity contribution in [2.45, 2.75) is 31.2 Å². The van der Waals surface area contributed by atoms with Gasteiger partial charge in [-0.15, -0.1) is 0 Å². The van der Waals surface area contributed by atoms with Crippen molar-refractivity contribution >= 4 is 27.7 Å². The number of hydrogen-bond acceptors (Lipinski definition) is 3. The molecule has 0 radical (unpaired) electrons. The van der Waals surface area contributed by atoms with Gasteiger partial charge in [0.1, 0.15) is 4.90 Å². The van der Waals surface area contributed by atoms with Crippen molar-refractivity contribution in [3.05, 3.63) is 29.3 Å². The molecule has 1 aromatic carbocycles. The Kier molecular flexibility index (Phi) is 5.23. The number of benzene rings is 1. The highest BCUT2D eigenvalue weighted by atomic mass is 35.5. The molecule has 1 N–H and O–H groups in total. The lowest BCUT2D eigenvalue weighted by Gasteiger charge is -2.35. The lowest BCUT2D eigenvalue weighted by Crippen LogP contribution is -2.55. The Hall–Kier alpha value is -1.31. The molecule has 0 spiro atoms. The van der Waals surface area contributed by atoms with Crippen molar-refractivity contribution < 1.29 is 13.2 Å². The molecule has 1 aromatic rings. The fourth-order valence-corrected chi connectivity index (χ4v) is 4.24. The smallest absolute Gasteiger partial charge is 0.317 e. The molecule has 1 saturated heterocycles. The number of sulfonamides is 1. The first kappa shape index (κ1) is 18.0. The van der Waals surface area contributed by atoms with Crippen LogP contribution >= 0.6 is 11.6 Å². The molecule has 0 atom stereocenters. The molecule has 0 unspecified atom stereocenters. The molecule has 0 aliphatic carbocycles. The van der Waals surface area contributed by atoms with Crippen LogP contribution in [0.15, 0.2) is 29.2 Å². The number of carbonyl (C=O) groups is 1. The average molecular weight is 360 g/mol. The minimum Gasteiger partial charge on any atom is -0.333 e. The third kappa shape index (κ3) is 4.37. The Morgan fingerprint density at radius 2 is 1.70 bits per heavy atom. The Morgan fingerprint density at radius 1 is 1.13 bits per heavy atom. The number of rotatable bonds is 2. The van der Waals surface area contributed by atoms with Crippen LogP contribution in [0, 0.1) is 0 Å². The number of carbonyl (C=O) groups excluding carboxylic acids is 1. The quantitative estimate of drug-likeness (QED) is 0.879. The fourth-order valence-electron chi connectivity index (χ4n) is 2.32. The summed E-state index contributed by atoms with van der Waals surface area (Å²) in [4.78, 5) is 13.9. The van der Waals surface area contributed by atoms with Crippen LogP contribution in [-0.4, -0.2) is 55.4 Å². The average Bonchev–Trinajstić information content (AvgIpc) is 2.46. The molecule has 1 aliphatic rings. The van der Waals surface area contributed by atoms with Gasteiger partial charge in [-0.25, -0.2) is 13.2 Å². The van der Waals surface area contributed by atoms with Crippen molar-refractivity contribution in [2.75, 3.05) is 26.2 Å². The normalized spacial score (nSPS) is 17.1. The second kappa shape index (κ2) is 6.67. The molecule has 0 bridgehead atoms. The highest BCUT2D eigenvalue weighted by Crippen LogP contribution is 2.25. The topological polar surface area (TPSA) is 69.7 Å². The summed E-state index contributed by atoms with van der Waals surface area (Å²) >= 11 is 6.00. The van der Waals surface area contributed by atoms with E-state index in [1.807, 2.05) is 20.8 Å². The molecule has 1 aliphatic heterocycles. The van der Waals surface area contributed by atoms with Crippen LogP contribution in [0.3, 0.4) is 0 Å². The lowest BCUT2D eigenvalue weighted by molar-refractivity contribution is 0.165. The standard InChI is InChI=1S/C15H22ClN3O3S/c1-15(2,3)17-14(20)18-8-10-19(11-9-18)23(21,22)13-7-5-4-6-12(13)16/h4-7H,8-11H2,1-3H3,(H,17,20). The molecule has 6 nitrogen and oxygen atoms in total. The highest BCUT2D eigenvalue weighted by molar-refractivity contribution is 7.89. The Morgan fingerprint density at radius 3 is 2.22 bits per heavy atom. The van der Waals surface area contributed by atoms with Crippen molar-refractivity contribution in [3.63, 3.8) is 0 Å². The van der Waals surface area contributed by atoms with Crippen LogP contribution < -0.4 is 5.32 Å². The molecular formula is C15H22ClN3O3S. The van der Waals surface area contributed by atoms with E-state index >= 15 is 0 Å². The van der Waals surface area contributed by atoms with E-state index in [9.17, 15) is 13.2 Å². The maximum absolute atomic E-state index is 12.6. The third-order valence-corrected chi connectivity index (χ3v) is 5.86. The van der Waals surface area contributed by atoms with Gasteiger partial charge < -0.3 is 10.2 Å². The van der Waals surface area contributed by atoms with Crippen LogP contribution in [0.25, 0.3) is 0 Å². The first-order chi connectivity index (χ1) is 10.6. The summed E-state index contributed by atoms with van der Waals surface area (Å²) in [5.74, 6) is 0. The Labute approximate surface area is 142 Å². The second-order valence-electron chi connectivity index (χ2n) is 6.50. The number of halogens is 1. The van der Waals surface area contributed by atoms with Gasteiger partial charge in [-0.1, -0.05) is 23.7 Å². The molecule has 1 fully saturated rings. The summed E-state index contributed by atoms with van der Waals surface area (Å²) in [5.41, 5.74) is -0.322. The molecule has 8 heteroatoms. The maximum Gasteiger partial charge on any atom is 0.317 e. The summed E-state index contributed by atoms with van der Waals surface area (Å²) in [6.07, 6.45) is 0. The highest BCUT2D eigenvalue weighted by Gasteiger charge is 2.31. The lowest BCUT2D eigenvalue weighted by atomic mass is 10.1. The van der Waals surface area contributed by atoms with Crippen molar-refractivity contribution in [1.82, 2.24) is 14.5 Å². The van der Waals surface area contributed by atoms with Gasteiger partial charge in [0.15, 0.2) is 0 Å². The SMILES string of the molecule is CC(C)(C)NC(=O)N1CCN(S(=O)(=O)c2ccccc2Cl)CC1. The monoisotopic (exact) mass is 359 g/mol. The van der Waals surface area contributed by atoms with Crippen LogP contribution in [0.1, 0.15) is 20.8 Å². The van der Waals surface area contributed by atoms with E-state index in [0.717, 1.165) is 0 Å². The van der Waals surface area contributed by atoms with E-state index in [4.69, 9.17) is 11.6 Å². The minimum absolute atomic E-state index is 0.106. The van der Waals surface area contributed by atoms with Crippen molar-refractivity contribution in [2.24, 2.45) is 0 Å². The van der Waals surface area contributed by atoms with Crippen LogP contribution in [0.5, 0.6) is 0 Å². The predicted octanol–water partition coefficient (Wildman–Crippen LogP) is 2.15. The summed E-state index contributed by atoms with van der Waals surface area (Å²) in [5, 5.41) is 3.09. The number of urea groups is 1. The van der Waals surface area contributed by atoms with E-state index < -0.39 is 10.0 Å². The van der Waals surface area contributed by atoms with Gasteiger partial charge in [-0.05, 0) is 32.9 Å². The van der Waals surface area contributed by atoms with Gasteiger partial charge >= 0.3 is 6.03 Å². The van der Waals surface area contributed by atoms with Crippen LogP contribution in [0.4, 0.5) is 4.79 Å². The van der Waals surface area contributed by atoms with Gasteiger partial charge in [0.25, 0.3) is 0 Å². The van der Waals surface area contributed by atoms with E-state index in [2.05, 4.69) is 5.32 Å². The van der Waals surface area contributed by atoms with E-state index in [-0.39, 0.29) is 34.6 Å². The first-order valence-electron chi connectivity index (χ1n) is 7.43. The zero-order chi connectivity index (χ0) is 17.3. The van der Waals surface area contributed by atoms with Gasteiger partial charge in [0, 0.05) is 31.7 Å². The zero-order valence-corrected chi connectivity index (χ0v) is 15.1. The molecule has 0 aromatic heterocycles. The second-order valence-corrected chi connectivity index (χ2v) is 8.82. The molecule has 128 valence electrons. The first-order valence-corrected chi connectivity index (χ1v) is 9.25. The Bertz CT molecular complexity index is 677. The molecule has 2 amide bonds. The van der Waals surface area contributed by atoms with Gasteiger partial charge in [0.2, 0.25) is 10.0 Å². The summed E-state index contributed by atoms with van der Waals surface area (Å²) in [6.45, 7) is 6.93. The van der Waals surface area contributed by atoms with Crippen LogP contribution in [-0.2, 0) is 10.0 Å². The molecule has 1 heterocycles. The number of nitrogens with one attached hydrogen (secondary N) is 1. The van der Waals surface area contributed by atoms with Crippen molar-refractivity contribution in [3.8, 4) is 0 Å². The van der Waals surface area contributed by atoms with Crippen molar-refractivity contribution in [1.29, 1.82) is 0 Å².